The summed E-state index contributed by atoms with van der Waals surface area (Å²) in [6, 6.07) is 7.49. The minimum Gasteiger partial charge on any atom is -0.494 e. The highest BCUT2D eigenvalue weighted by molar-refractivity contribution is 5.97. The highest BCUT2D eigenvalue weighted by Crippen LogP contribution is 2.17. The van der Waals surface area contributed by atoms with Gasteiger partial charge in [-0.1, -0.05) is 6.92 Å². The van der Waals surface area contributed by atoms with Crippen molar-refractivity contribution in [1.82, 2.24) is 4.90 Å². The Morgan fingerprint density at radius 1 is 1.26 bits per heavy atom. The Labute approximate surface area is 115 Å². The van der Waals surface area contributed by atoms with E-state index >= 15 is 0 Å². The molecular formula is C16H23NO2. The molecule has 1 aromatic rings. The molecule has 19 heavy (non-hydrogen) atoms. The van der Waals surface area contributed by atoms with Gasteiger partial charge in [0.1, 0.15) is 5.75 Å². The van der Waals surface area contributed by atoms with E-state index in [2.05, 4.69) is 4.90 Å². The van der Waals surface area contributed by atoms with Gasteiger partial charge in [-0.15, -0.1) is 0 Å². The van der Waals surface area contributed by atoms with Crippen molar-refractivity contribution in [1.29, 1.82) is 0 Å². The Morgan fingerprint density at radius 3 is 2.47 bits per heavy atom. The van der Waals surface area contributed by atoms with Crippen LogP contribution in [0.4, 0.5) is 0 Å². The lowest BCUT2D eigenvalue weighted by Crippen LogP contribution is -2.29. The number of ketones is 1. The van der Waals surface area contributed by atoms with Gasteiger partial charge in [-0.25, -0.2) is 0 Å². The van der Waals surface area contributed by atoms with E-state index in [0.717, 1.165) is 30.9 Å². The molecule has 1 atom stereocenters. The molecule has 0 bridgehead atoms. The lowest BCUT2D eigenvalue weighted by Gasteiger charge is -2.19. The van der Waals surface area contributed by atoms with E-state index in [4.69, 9.17) is 4.74 Å². The highest BCUT2D eigenvalue weighted by Gasteiger charge is 2.20. The van der Waals surface area contributed by atoms with Crippen LogP contribution in [0.5, 0.6) is 5.75 Å². The summed E-state index contributed by atoms with van der Waals surface area (Å²) < 4.78 is 5.39. The number of likely N-dealkylation sites (tertiary alicyclic amines) is 1. The fourth-order valence-corrected chi connectivity index (χ4v) is 2.60. The van der Waals surface area contributed by atoms with Crippen molar-refractivity contribution >= 4 is 5.78 Å². The topological polar surface area (TPSA) is 29.5 Å². The second-order valence-corrected chi connectivity index (χ2v) is 5.23. The van der Waals surface area contributed by atoms with Crippen LogP contribution >= 0.6 is 0 Å². The van der Waals surface area contributed by atoms with E-state index in [-0.39, 0.29) is 11.7 Å². The predicted octanol–water partition coefficient (Wildman–Crippen LogP) is 3.00. The molecule has 0 amide bonds. The maximum absolute atomic E-state index is 12.3. The van der Waals surface area contributed by atoms with Crippen molar-refractivity contribution in [2.45, 2.75) is 26.7 Å². The predicted molar refractivity (Wildman–Crippen MR) is 76.8 cm³/mol. The third kappa shape index (κ3) is 3.80. The number of benzene rings is 1. The van der Waals surface area contributed by atoms with Gasteiger partial charge in [0.25, 0.3) is 0 Å². The Bertz CT molecular complexity index is 407. The van der Waals surface area contributed by atoms with Crippen LogP contribution in [0.3, 0.4) is 0 Å². The lowest BCUT2D eigenvalue weighted by atomic mass is 9.99. The second kappa shape index (κ2) is 6.71. The standard InChI is InChI=1S/C16H23NO2/c1-3-19-15-8-6-14(7-9-15)16(18)13(2)12-17-10-4-5-11-17/h6-9,13H,3-5,10-12H2,1-2H3. The number of rotatable bonds is 6. The zero-order valence-electron chi connectivity index (χ0n) is 11.9. The molecule has 1 aliphatic rings. The first-order chi connectivity index (χ1) is 9.20. The molecule has 3 nitrogen and oxygen atoms in total. The second-order valence-electron chi connectivity index (χ2n) is 5.23. The molecule has 1 aliphatic heterocycles. The molecule has 0 aliphatic carbocycles. The van der Waals surface area contributed by atoms with E-state index in [1.54, 1.807) is 0 Å². The Kier molecular flexibility index (Phi) is 4.97. The number of nitrogens with zero attached hydrogens (tertiary/aromatic N) is 1. The van der Waals surface area contributed by atoms with Crippen LogP contribution in [-0.4, -0.2) is 36.9 Å². The summed E-state index contributed by atoms with van der Waals surface area (Å²) in [6.45, 7) is 7.79. The summed E-state index contributed by atoms with van der Waals surface area (Å²) in [6.07, 6.45) is 2.54. The van der Waals surface area contributed by atoms with E-state index in [1.807, 2.05) is 38.1 Å². The van der Waals surface area contributed by atoms with Gasteiger partial charge in [0, 0.05) is 18.0 Å². The molecule has 3 heteroatoms. The first-order valence-corrected chi connectivity index (χ1v) is 7.20. The van der Waals surface area contributed by atoms with Gasteiger partial charge in [-0.3, -0.25) is 4.79 Å². The van der Waals surface area contributed by atoms with Crippen molar-refractivity contribution in [3.05, 3.63) is 29.8 Å². The van der Waals surface area contributed by atoms with Crippen LogP contribution in [0.2, 0.25) is 0 Å². The fraction of sp³-hybridized carbons (Fsp3) is 0.562. The molecule has 0 radical (unpaired) electrons. The first kappa shape index (κ1) is 14.1. The normalized spacial score (nSPS) is 17.4. The summed E-state index contributed by atoms with van der Waals surface area (Å²) in [5.41, 5.74) is 0.787. The third-order valence-corrected chi connectivity index (χ3v) is 3.63. The monoisotopic (exact) mass is 261 g/mol. The van der Waals surface area contributed by atoms with Gasteiger partial charge in [0.05, 0.1) is 6.61 Å². The van der Waals surface area contributed by atoms with Crippen LogP contribution < -0.4 is 4.74 Å². The van der Waals surface area contributed by atoms with Gasteiger partial charge in [0.2, 0.25) is 0 Å². The summed E-state index contributed by atoms with van der Waals surface area (Å²) in [5, 5.41) is 0. The van der Waals surface area contributed by atoms with Crippen LogP contribution in [-0.2, 0) is 0 Å². The van der Waals surface area contributed by atoms with Crippen LogP contribution in [0, 0.1) is 5.92 Å². The van der Waals surface area contributed by atoms with Crippen molar-refractivity contribution in [2.75, 3.05) is 26.2 Å². The highest BCUT2D eigenvalue weighted by atomic mass is 16.5. The fourth-order valence-electron chi connectivity index (χ4n) is 2.60. The number of Topliss-reactive ketones (excluding diaryl/α,β-unsaturated/α-hetero) is 1. The van der Waals surface area contributed by atoms with Crippen LogP contribution in [0.15, 0.2) is 24.3 Å². The number of hydrogen-bond donors (Lipinski definition) is 0. The molecule has 0 N–H and O–H groups in total. The van der Waals surface area contributed by atoms with E-state index < -0.39 is 0 Å². The SMILES string of the molecule is CCOc1ccc(C(=O)C(C)CN2CCCC2)cc1. The van der Waals surface area contributed by atoms with E-state index in [1.165, 1.54) is 12.8 Å². The van der Waals surface area contributed by atoms with Crippen molar-refractivity contribution < 1.29 is 9.53 Å². The maximum atomic E-state index is 12.3. The molecule has 0 spiro atoms. The Hall–Kier alpha value is -1.35. The van der Waals surface area contributed by atoms with Crippen molar-refractivity contribution in [3.63, 3.8) is 0 Å². The third-order valence-electron chi connectivity index (χ3n) is 3.63. The van der Waals surface area contributed by atoms with Crippen molar-refractivity contribution in [3.8, 4) is 5.75 Å². The Morgan fingerprint density at radius 2 is 1.89 bits per heavy atom. The molecule has 2 rings (SSSR count). The molecule has 0 saturated carbocycles. The zero-order chi connectivity index (χ0) is 13.7. The van der Waals surface area contributed by atoms with Gasteiger partial charge in [-0.05, 0) is 57.1 Å². The molecule has 1 unspecified atom stereocenters. The average molecular weight is 261 g/mol. The smallest absolute Gasteiger partial charge is 0.166 e. The molecule has 0 aromatic heterocycles. The van der Waals surface area contributed by atoms with Gasteiger partial charge in [0.15, 0.2) is 5.78 Å². The molecule has 104 valence electrons. The van der Waals surface area contributed by atoms with Crippen molar-refractivity contribution in [2.24, 2.45) is 5.92 Å². The van der Waals surface area contributed by atoms with Crippen LogP contribution in [0.25, 0.3) is 0 Å². The Balaban J connectivity index is 1.93. The largest absolute Gasteiger partial charge is 0.494 e. The van der Waals surface area contributed by atoms with Crippen LogP contribution in [0.1, 0.15) is 37.0 Å². The van der Waals surface area contributed by atoms with E-state index in [9.17, 15) is 4.79 Å². The number of carbonyl (C=O) groups excluding carboxylic acids is 1. The molecule has 1 aromatic carbocycles. The molecule has 1 fully saturated rings. The van der Waals surface area contributed by atoms with Gasteiger partial charge < -0.3 is 9.64 Å². The molecule has 1 saturated heterocycles. The quantitative estimate of drug-likeness (QED) is 0.737. The number of carbonyl (C=O) groups is 1. The molecule has 1 heterocycles. The molecular weight excluding hydrogens is 238 g/mol. The van der Waals surface area contributed by atoms with Gasteiger partial charge in [-0.2, -0.15) is 0 Å². The maximum Gasteiger partial charge on any atom is 0.166 e. The minimum absolute atomic E-state index is 0.0658. The lowest BCUT2D eigenvalue weighted by molar-refractivity contribution is 0.0903. The summed E-state index contributed by atoms with van der Waals surface area (Å²) in [4.78, 5) is 14.7. The number of ether oxygens (including phenoxy) is 1. The van der Waals surface area contributed by atoms with E-state index in [0.29, 0.717) is 6.61 Å². The summed E-state index contributed by atoms with van der Waals surface area (Å²) in [5.74, 6) is 1.12. The first-order valence-electron chi connectivity index (χ1n) is 7.20. The average Bonchev–Trinajstić information content (AvgIpc) is 2.92. The van der Waals surface area contributed by atoms with Gasteiger partial charge >= 0.3 is 0 Å². The minimum atomic E-state index is 0.0658. The zero-order valence-corrected chi connectivity index (χ0v) is 11.9. The number of hydrogen-bond acceptors (Lipinski definition) is 3. The summed E-state index contributed by atoms with van der Waals surface area (Å²) in [7, 11) is 0. The summed E-state index contributed by atoms with van der Waals surface area (Å²) >= 11 is 0.